The molecule has 3 aliphatic heterocycles. The Morgan fingerprint density at radius 2 is 1.94 bits per heavy atom. The second-order valence-electron chi connectivity index (χ2n) is 9.27. The van der Waals surface area contributed by atoms with Crippen LogP contribution >= 0.6 is 11.6 Å². The lowest BCUT2D eigenvalue weighted by molar-refractivity contribution is -0.133. The molecule has 0 radical (unpaired) electrons. The first-order chi connectivity index (χ1) is 15.0. The second kappa shape index (κ2) is 10.5. The fourth-order valence-corrected chi connectivity index (χ4v) is 5.40. The Hall–Kier alpha value is -1.34. The molecule has 0 saturated carbocycles. The summed E-state index contributed by atoms with van der Waals surface area (Å²) < 4.78 is 11.5. The normalized spacial score (nSPS) is 24.9. The number of carbonyl (C=O) groups excluding carboxylic acids is 1. The minimum atomic E-state index is 0.0925. The standard InChI is InChI=1S/C24H36ClN3O3/c1-18-16-26(17-21-15-22(25)3-4-23(21)31-18)8-7-24(29)28-9-5-20(6-10-28)19(2)27-11-13-30-14-12-27/h3-4,15,18-20H,5-14,16-17H2,1-2H3/t18-,19-/m0/s1. The lowest BCUT2D eigenvalue weighted by atomic mass is 9.89. The summed E-state index contributed by atoms with van der Waals surface area (Å²) in [6.45, 7) is 12.3. The molecule has 3 heterocycles. The van der Waals surface area contributed by atoms with E-state index in [1.54, 1.807) is 0 Å². The summed E-state index contributed by atoms with van der Waals surface area (Å²) in [6, 6.07) is 6.37. The van der Waals surface area contributed by atoms with E-state index in [0.29, 0.717) is 18.4 Å². The molecule has 7 heteroatoms. The number of likely N-dealkylation sites (tertiary alicyclic amines) is 1. The highest BCUT2D eigenvalue weighted by Crippen LogP contribution is 2.28. The highest BCUT2D eigenvalue weighted by Gasteiger charge is 2.30. The zero-order chi connectivity index (χ0) is 21.8. The van der Waals surface area contributed by atoms with E-state index in [9.17, 15) is 4.79 Å². The second-order valence-corrected chi connectivity index (χ2v) is 9.71. The van der Waals surface area contributed by atoms with E-state index in [-0.39, 0.29) is 12.0 Å². The molecular weight excluding hydrogens is 414 g/mol. The number of hydrogen-bond donors (Lipinski definition) is 0. The van der Waals surface area contributed by atoms with Crippen molar-refractivity contribution in [1.82, 2.24) is 14.7 Å². The van der Waals surface area contributed by atoms with Gasteiger partial charge in [0.25, 0.3) is 0 Å². The number of benzene rings is 1. The third-order valence-corrected chi connectivity index (χ3v) is 7.33. The lowest BCUT2D eigenvalue weighted by Crippen LogP contribution is -2.49. The molecule has 1 amide bonds. The van der Waals surface area contributed by atoms with E-state index in [1.807, 2.05) is 18.2 Å². The van der Waals surface area contributed by atoms with Gasteiger partial charge in [0.05, 0.1) is 13.2 Å². The number of ether oxygens (including phenoxy) is 2. The smallest absolute Gasteiger partial charge is 0.223 e. The number of amides is 1. The van der Waals surface area contributed by atoms with Gasteiger partial charge in [-0.3, -0.25) is 14.6 Å². The number of piperidine rings is 1. The average molecular weight is 450 g/mol. The first-order valence-corrected chi connectivity index (χ1v) is 12.1. The van der Waals surface area contributed by atoms with Crippen LogP contribution in [0.15, 0.2) is 18.2 Å². The van der Waals surface area contributed by atoms with Gasteiger partial charge < -0.3 is 14.4 Å². The Bertz CT molecular complexity index is 748. The van der Waals surface area contributed by atoms with Gasteiger partial charge in [0, 0.05) is 68.9 Å². The predicted octanol–water partition coefficient (Wildman–Crippen LogP) is 3.27. The highest BCUT2D eigenvalue weighted by atomic mass is 35.5. The quantitative estimate of drug-likeness (QED) is 0.690. The van der Waals surface area contributed by atoms with Crippen LogP contribution in [0.4, 0.5) is 0 Å². The molecule has 172 valence electrons. The molecule has 31 heavy (non-hydrogen) atoms. The van der Waals surface area contributed by atoms with Crippen LogP contribution in [0.2, 0.25) is 5.02 Å². The maximum absolute atomic E-state index is 12.9. The van der Waals surface area contributed by atoms with Gasteiger partial charge in [-0.15, -0.1) is 0 Å². The number of morpholine rings is 1. The zero-order valence-corrected chi connectivity index (χ0v) is 19.6. The number of carbonyl (C=O) groups is 1. The van der Waals surface area contributed by atoms with Crippen LogP contribution < -0.4 is 4.74 Å². The minimum Gasteiger partial charge on any atom is -0.489 e. The summed E-state index contributed by atoms with van der Waals surface area (Å²) >= 11 is 6.18. The van der Waals surface area contributed by atoms with Gasteiger partial charge in [0.2, 0.25) is 5.91 Å². The van der Waals surface area contributed by atoms with Crippen molar-refractivity contribution < 1.29 is 14.3 Å². The molecule has 4 rings (SSSR count). The van der Waals surface area contributed by atoms with E-state index >= 15 is 0 Å². The van der Waals surface area contributed by atoms with Crippen molar-refractivity contribution in [3.05, 3.63) is 28.8 Å². The Morgan fingerprint density at radius 1 is 1.19 bits per heavy atom. The Balaban J connectivity index is 1.24. The van der Waals surface area contributed by atoms with Gasteiger partial charge in [0.1, 0.15) is 11.9 Å². The third kappa shape index (κ3) is 5.92. The molecule has 1 aromatic carbocycles. The van der Waals surface area contributed by atoms with E-state index in [2.05, 4.69) is 28.5 Å². The predicted molar refractivity (Wildman–Crippen MR) is 123 cm³/mol. The molecule has 1 aromatic rings. The minimum absolute atomic E-state index is 0.0925. The SMILES string of the molecule is C[C@H]1CN(CCC(=O)N2CCC([C@H](C)N3CCOCC3)CC2)Cc2cc(Cl)ccc2O1. The first kappa shape index (κ1) is 22.8. The van der Waals surface area contributed by atoms with Crippen LogP contribution in [0.5, 0.6) is 5.75 Å². The van der Waals surface area contributed by atoms with Crippen LogP contribution in [0.1, 0.15) is 38.7 Å². The topological polar surface area (TPSA) is 45.3 Å². The summed E-state index contributed by atoms with van der Waals surface area (Å²) in [4.78, 5) is 19.9. The van der Waals surface area contributed by atoms with Gasteiger partial charge in [-0.25, -0.2) is 0 Å². The largest absolute Gasteiger partial charge is 0.489 e. The first-order valence-electron chi connectivity index (χ1n) is 11.8. The summed E-state index contributed by atoms with van der Waals surface area (Å²) in [5.41, 5.74) is 1.10. The highest BCUT2D eigenvalue weighted by molar-refractivity contribution is 6.30. The van der Waals surface area contributed by atoms with E-state index < -0.39 is 0 Å². The van der Waals surface area contributed by atoms with Crippen LogP contribution in [0, 0.1) is 5.92 Å². The molecule has 3 aliphatic rings. The van der Waals surface area contributed by atoms with Crippen molar-refractivity contribution in [3.8, 4) is 5.75 Å². The van der Waals surface area contributed by atoms with Crippen LogP contribution in [0.3, 0.4) is 0 Å². The summed E-state index contributed by atoms with van der Waals surface area (Å²) in [5, 5.41) is 0.724. The third-order valence-electron chi connectivity index (χ3n) is 7.10. The summed E-state index contributed by atoms with van der Waals surface area (Å²) in [5.74, 6) is 1.86. The summed E-state index contributed by atoms with van der Waals surface area (Å²) in [6.07, 6.45) is 2.86. The van der Waals surface area contributed by atoms with Gasteiger partial charge in [-0.2, -0.15) is 0 Å². The van der Waals surface area contributed by atoms with Crippen molar-refractivity contribution in [2.75, 3.05) is 52.5 Å². The van der Waals surface area contributed by atoms with Crippen LogP contribution in [-0.4, -0.2) is 85.2 Å². The number of nitrogens with zero attached hydrogens (tertiary/aromatic N) is 3. The lowest BCUT2D eigenvalue weighted by Gasteiger charge is -2.41. The zero-order valence-electron chi connectivity index (χ0n) is 18.9. The van der Waals surface area contributed by atoms with Crippen molar-refractivity contribution in [3.63, 3.8) is 0 Å². The monoisotopic (exact) mass is 449 g/mol. The molecule has 0 N–H and O–H groups in total. The average Bonchev–Trinajstić information content (AvgIpc) is 2.95. The molecule has 2 fully saturated rings. The molecule has 0 unspecified atom stereocenters. The molecule has 2 saturated heterocycles. The molecule has 0 aromatic heterocycles. The van der Waals surface area contributed by atoms with Gasteiger partial charge in [-0.05, 0) is 50.8 Å². The van der Waals surface area contributed by atoms with Gasteiger partial charge >= 0.3 is 0 Å². The van der Waals surface area contributed by atoms with Crippen LogP contribution in [0.25, 0.3) is 0 Å². The Morgan fingerprint density at radius 3 is 2.68 bits per heavy atom. The van der Waals surface area contributed by atoms with Crippen molar-refractivity contribution in [1.29, 1.82) is 0 Å². The number of hydrogen-bond acceptors (Lipinski definition) is 5. The summed E-state index contributed by atoms with van der Waals surface area (Å²) in [7, 11) is 0. The maximum atomic E-state index is 12.9. The number of rotatable bonds is 5. The molecular formula is C24H36ClN3O3. The Kier molecular flexibility index (Phi) is 7.75. The van der Waals surface area contributed by atoms with Gasteiger partial charge in [0.15, 0.2) is 0 Å². The van der Waals surface area contributed by atoms with Crippen molar-refractivity contribution in [2.24, 2.45) is 5.92 Å². The van der Waals surface area contributed by atoms with Crippen molar-refractivity contribution in [2.45, 2.75) is 51.8 Å². The molecule has 6 nitrogen and oxygen atoms in total. The number of halogens is 1. The van der Waals surface area contributed by atoms with E-state index in [1.165, 1.54) is 0 Å². The van der Waals surface area contributed by atoms with Gasteiger partial charge in [-0.1, -0.05) is 11.6 Å². The molecule has 0 spiro atoms. The Labute approximate surface area is 191 Å². The molecule has 0 bridgehead atoms. The van der Waals surface area contributed by atoms with E-state index in [4.69, 9.17) is 21.1 Å². The fraction of sp³-hybridized carbons (Fsp3) is 0.708. The van der Waals surface area contributed by atoms with E-state index in [0.717, 1.165) is 88.2 Å². The fourth-order valence-electron chi connectivity index (χ4n) is 5.21. The molecule has 2 atom stereocenters. The maximum Gasteiger partial charge on any atom is 0.223 e. The van der Waals surface area contributed by atoms with Crippen LogP contribution in [-0.2, 0) is 16.1 Å². The van der Waals surface area contributed by atoms with Crippen molar-refractivity contribution >= 4 is 17.5 Å². The number of fused-ring (bicyclic) bond motifs is 1. The molecule has 0 aliphatic carbocycles.